The van der Waals surface area contributed by atoms with Crippen LogP contribution < -0.4 is 10.1 Å². The number of methoxy groups -OCH3 is 1. The molecule has 1 aromatic heterocycles. The quantitative estimate of drug-likeness (QED) is 0.442. The molecule has 0 radical (unpaired) electrons. The molecule has 3 rings (SSSR count). The monoisotopic (exact) mass is 407 g/mol. The molecular weight excluding hydrogens is 386 g/mol. The Morgan fingerprint density at radius 1 is 1.07 bits per heavy atom. The number of thiophene rings is 1. The van der Waals surface area contributed by atoms with Gasteiger partial charge in [-0.2, -0.15) is 0 Å². The number of carbonyl (C=O) groups excluding carboxylic acids is 2. The molecule has 0 fully saturated rings. The van der Waals surface area contributed by atoms with Gasteiger partial charge in [-0.3, -0.25) is 4.79 Å². The van der Waals surface area contributed by atoms with Gasteiger partial charge in [0.05, 0.1) is 12.8 Å². The Labute approximate surface area is 173 Å². The smallest absolute Gasteiger partial charge is 0.331 e. The van der Waals surface area contributed by atoms with Gasteiger partial charge in [0.1, 0.15) is 5.75 Å². The maximum absolute atomic E-state index is 13.0. The van der Waals surface area contributed by atoms with E-state index in [1.54, 1.807) is 42.5 Å². The van der Waals surface area contributed by atoms with Crippen molar-refractivity contribution in [3.63, 3.8) is 0 Å². The largest absolute Gasteiger partial charge is 0.495 e. The van der Waals surface area contributed by atoms with Gasteiger partial charge in [0.15, 0.2) is 0 Å². The molecule has 5 nitrogen and oxygen atoms in total. The number of carbonyl (C=O) groups is 2. The predicted octanol–water partition coefficient (Wildman–Crippen LogP) is 5.00. The molecule has 0 aliphatic carbocycles. The first-order valence-electron chi connectivity index (χ1n) is 8.99. The number of ether oxygens (including phenoxy) is 2. The molecule has 0 saturated carbocycles. The topological polar surface area (TPSA) is 64.6 Å². The lowest BCUT2D eigenvalue weighted by atomic mass is 10.1. The van der Waals surface area contributed by atoms with E-state index in [4.69, 9.17) is 9.47 Å². The molecule has 0 unspecified atom stereocenters. The van der Waals surface area contributed by atoms with Gasteiger partial charge in [0.25, 0.3) is 5.91 Å². The van der Waals surface area contributed by atoms with E-state index < -0.39 is 18.0 Å². The van der Waals surface area contributed by atoms with Crippen LogP contribution in [0.2, 0.25) is 0 Å². The summed E-state index contributed by atoms with van der Waals surface area (Å²) in [4.78, 5) is 26.3. The van der Waals surface area contributed by atoms with Crippen LogP contribution in [0.15, 0.2) is 72.1 Å². The average Bonchev–Trinajstić information content (AvgIpc) is 3.25. The minimum Gasteiger partial charge on any atom is -0.495 e. The van der Waals surface area contributed by atoms with Gasteiger partial charge in [0, 0.05) is 16.5 Å². The van der Waals surface area contributed by atoms with Crippen LogP contribution in [0.5, 0.6) is 5.75 Å². The Balaban J connectivity index is 1.81. The van der Waals surface area contributed by atoms with Crippen LogP contribution in [-0.4, -0.2) is 19.0 Å². The van der Waals surface area contributed by atoms with Gasteiger partial charge in [-0.25, -0.2) is 4.79 Å². The number of nitrogens with one attached hydrogen (secondary N) is 1. The Kier molecular flexibility index (Phi) is 6.81. The highest BCUT2D eigenvalue weighted by Crippen LogP contribution is 2.28. The molecular formula is C23H21NO4S. The van der Waals surface area contributed by atoms with E-state index in [1.165, 1.54) is 24.5 Å². The molecule has 29 heavy (non-hydrogen) atoms. The van der Waals surface area contributed by atoms with Crippen molar-refractivity contribution in [1.29, 1.82) is 0 Å². The fraction of sp³-hybridized carbons (Fsp3) is 0.130. The van der Waals surface area contributed by atoms with Crippen LogP contribution in [0.1, 0.15) is 22.1 Å². The van der Waals surface area contributed by atoms with Gasteiger partial charge in [-0.1, -0.05) is 42.5 Å². The van der Waals surface area contributed by atoms with Crippen LogP contribution in [0.4, 0.5) is 5.69 Å². The molecule has 3 aromatic rings. The van der Waals surface area contributed by atoms with E-state index in [0.29, 0.717) is 17.0 Å². The Morgan fingerprint density at radius 2 is 1.86 bits per heavy atom. The summed E-state index contributed by atoms with van der Waals surface area (Å²) in [7, 11) is 1.53. The van der Waals surface area contributed by atoms with Crippen molar-refractivity contribution in [2.24, 2.45) is 0 Å². The highest BCUT2D eigenvalue weighted by molar-refractivity contribution is 7.10. The van der Waals surface area contributed by atoms with Crippen LogP contribution in [-0.2, 0) is 14.3 Å². The summed E-state index contributed by atoms with van der Waals surface area (Å²) in [6.45, 7) is 1.92. The minimum absolute atomic E-state index is 0.460. The lowest BCUT2D eigenvalue weighted by Crippen LogP contribution is -2.25. The Hall–Kier alpha value is -3.38. The molecule has 0 spiro atoms. The second-order valence-electron chi connectivity index (χ2n) is 6.27. The molecule has 6 heteroatoms. The third kappa shape index (κ3) is 5.56. The minimum atomic E-state index is -1.10. The molecule has 148 valence electrons. The predicted molar refractivity (Wildman–Crippen MR) is 115 cm³/mol. The van der Waals surface area contributed by atoms with Crippen LogP contribution in [0.3, 0.4) is 0 Å². The number of rotatable bonds is 7. The highest BCUT2D eigenvalue weighted by Gasteiger charge is 2.25. The van der Waals surface area contributed by atoms with Crippen LogP contribution in [0, 0.1) is 6.92 Å². The number of esters is 1. The van der Waals surface area contributed by atoms with E-state index in [-0.39, 0.29) is 0 Å². The van der Waals surface area contributed by atoms with Crippen LogP contribution in [0.25, 0.3) is 6.08 Å². The summed E-state index contributed by atoms with van der Waals surface area (Å²) in [5.74, 6) is -0.531. The van der Waals surface area contributed by atoms with E-state index in [9.17, 15) is 9.59 Å². The summed E-state index contributed by atoms with van der Waals surface area (Å²) in [5.41, 5.74) is 2.06. The lowest BCUT2D eigenvalue weighted by Gasteiger charge is -2.18. The lowest BCUT2D eigenvalue weighted by molar-refractivity contribution is -0.149. The molecule has 0 aliphatic heterocycles. The zero-order valence-electron chi connectivity index (χ0n) is 16.1. The van der Waals surface area contributed by atoms with Crippen molar-refractivity contribution >= 4 is 35.0 Å². The number of hydrogen-bond acceptors (Lipinski definition) is 5. The van der Waals surface area contributed by atoms with E-state index in [0.717, 1.165) is 10.4 Å². The number of hydrogen-bond donors (Lipinski definition) is 1. The third-order valence-corrected chi connectivity index (χ3v) is 4.95. The van der Waals surface area contributed by atoms with Crippen molar-refractivity contribution in [3.05, 3.63) is 88.1 Å². The van der Waals surface area contributed by atoms with Gasteiger partial charge >= 0.3 is 5.97 Å². The van der Waals surface area contributed by atoms with Crippen molar-refractivity contribution < 1.29 is 19.1 Å². The molecule has 0 bridgehead atoms. The average molecular weight is 407 g/mol. The van der Waals surface area contributed by atoms with E-state index in [2.05, 4.69) is 5.32 Å². The molecule has 0 aliphatic rings. The van der Waals surface area contributed by atoms with Gasteiger partial charge in [-0.05, 0) is 42.1 Å². The van der Waals surface area contributed by atoms with Crippen molar-refractivity contribution in [3.8, 4) is 5.75 Å². The number of amides is 1. The second kappa shape index (κ2) is 9.71. The molecule has 2 aromatic carbocycles. The highest BCUT2D eigenvalue weighted by atomic mass is 32.1. The fourth-order valence-corrected chi connectivity index (χ4v) is 3.33. The molecule has 1 atom stereocenters. The first kappa shape index (κ1) is 20.4. The van der Waals surface area contributed by atoms with Gasteiger partial charge < -0.3 is 14.8 Å². The zero-order chi connectivity index (χ0) is 20.6. The standard InChI is InChI=1S/C23H21NO4S/c1-16-10-12-20(27-2)19(15-16)24-23(26)22(17-7-4-3-5-8-17)28-21(25)13-11-18-9-6-14-29-18/h3-15,22H,1-2H3,(H,24,26)/b13-11+/t22-/m0/s1. The first-order valence-corrected chi connectivity index (χ1v) is 9.87. The Bertz CT molecular complexity index is 997. The number of aryl methyl sites for hydroxylation is 1. The van der Waals surface area contributed by atoms with Crippen LogP contribution >= 0.6 is 11.3 Å². The van der Waals surface area contributed by atoms with Crippen molar-refractivity contribution in [2.75, 3.05) is 12.4 Å². The molecule has 1 heterocycles. The first-order chi connectivity index (χ1) is 14.1. The summed E-state index contributed by atoms with van der Waals surface area (Å²) in [6, 6.07) is 18.2. The second-order valence-corrected chi connectivity index (χ2v) is 7.25. The van der Waals surface area contributed by atoms with Crippen molar-refractivity contribution in [1.82, 2.24) is 0 Å². The molecule has 0 saturated heterocycles. The third-order valence-electron chi connectivity index (χ3n) is 4.11. The van der Waals surface area contributed by atoms with E-state index >= 15 is 0 Å². The van der Waals surface area contributed by atoms with Gasteiger partial charge in [0.2, 0.25) is 6.10 Å². The summed E-state index contributed by atoms with van der Waals surface area (Å²) in [6.07, 6.45) is 1.89. The normalized spacial score (nSPS) is 11.8. The summed E-state index contributed by atoms with van der Waals surface area (Å²) >= 11 is 1.51. The number of benzene rings is 2. The summed E-state index contributed by atoms with van der Waals surface area (Å²) < 4.78 is 10.8. The Morgan fingerprint density at radius 3 is 2.55 bits per heavy atom. The van der Waals surface area contributed by atoms with E-state index in [1.807, 2.05) is 36.6 Å². The fourth-order valence-electron chi connectivity index (χ4n) is 2.71. The molecule has 1 amide bonds. The summed E-state index contributed by atoms with van der Waals surface area (Å²) in [5, 5.41) is 4.73. The zero-order valence-corrected chi connectivity index (χ0v) is 16.9. The van der Waals surface area contributed by atoms with Gasteiger partial charge in [-0.15, -0.1) is 11.3 Å². The maximum atomic E-state index is 13.0. The SMILES string of the molecule is COc1ccc(C)cc1NC(=O)[C@@H](OC(=O)/C=C/c1cccs1)c1ccccc1. The maximum Gasteiger partial charge on any atom is 0.331 e. The van der Waals surface area contributed by atoms with Crippen molar-refractivity contribution in [2.45, 2.75) is 13.0 Å². The molecule has 1 N–H and O–H groups in total. The number of anilines is 1.